The summed E-state index contributed by atoms with van der Waals surface area (Å²) in [5.74, 6) is 0.548. The van der Waals surface area contributed by atoms with Crippen LogP contribution in [0.25, 0.3) is 33.6 Å². The van der Waals surface area contributed by atoms with E-state index in [2.05, 4.69) is 30.2 Å². The van der Waals surface area contributed by atoms with Gasteiger partial charge in [-0.15, -0.1) is 0 Å². The van der Waals surface area contributed by atoms with E-state index in [9.17, 15) is 24.3 Å². The Morgan fingerprint density at radius 1 is 0.820 bits per heavy atom. The number of carboxylic acid groups (broad SMARTS) is 1. The number of benzene rings is 2. The van der Waals surface area contributed by atoms with Crippen LogP contribution >= 0.6 is 0 Å². The minimum Gasteiger partial charge on any atom is -0.465 e. The lowest BCUT2D eigenvalue weighted by molar-refractivity contribution is -0.178. The number of nitrogens with one attached hydrogen (secondary N) is 3. The van der Waals surface area contributed by atoms with E-state index in [1.54, 1.807) is 47.4 Å². The molecule has 7 rings (SSSR count). The maximum Gasteiger partial charge on any atom is 0.409 e. The molecule has 2 aliphatic rings. The zero-order chi connectivity index (χ0) is 43.3. The first-order chi connectivity index (χ1) is 29.5. The van der Waals surface area contributed by atoms with Crippen molar-refractivity contribution in [1.82, 2.24) is 44.9 Å². The molecule has 2 fully saturated rings. The highest BCUT2D eigenvalue weighted by Gasteiger charge is 2.51. The number of amides is 4. The molecule has 17 heteroatoms. The van der Waals surface area contributed by atoms with Crippen LogP contribution in [0.4, 0.5) is 9.59 Å². The molecule has 2 saturated heterocycles. The molecule has 5 aromatic rings. The number of H-pyrrole nitrogens is 2. The zero-order valence-corrected chi connectivity index (χ0v) is 34.8. The Morgan fingerprint density at radius 2 is 1.36 bits per heavy atom. The third kappa shape index (κ3) is 8.70. The number of imidazole rings is 2. The summed E-state index contributed by atoms with van der Waals surface area (Å²) < 4.78 is 15.9. The van der Waals surface area contributed by atoms with E-state index in [0.29, 0.717) is 43.3 Å². The number of alkyl carbamates (subject to hydrolysis) is 1. The number of pyridine rings is 1. The van der Waals surface area contributed by atoms with Crippen LogP contribution in [-0.2, 0) is 30.2 Å². The minimum absolute atomic E-state index is 0.169. The SMILES string of the molecule is COC(=O)N[C@@](OC)(C(=O)N1CCCC1c1ncc(-c2ccc(-c3ccc(-c4cnc([C@@H]5CCCN5C(=O)[C@H](Cc5ccccn5)N(C)C(=O)O)[nH]4)cc3)cc2)[nH]1)[C@@H](C)OC. The van der Waals surface area contributed by atoms with E-state index in [0.717, 1.165) is 51.4 Å². The molecular weight excluding hydrogens is 783 g/mol. The van der Waals surface area contributed by atoms with Crippen LogP contribution in [0.2, 0.25) is 0 Å². The molecule has 0 saturated carbocycles. The largest absolute Gasteiger partial charge is 0.465 e. The van der Waals surface area contributed by atoms with E-state index in [1.807, 2.05) is 54.6 Å². The number of carbonyl (C=O) groups is 4. The molecule has 4 amide bonds. The molecule has 0 spiro atoms. The van der Waals surface area contributed by atoms with E-state index in [4.69, 9.17) is 14.2 Å². The van der Waals surface area contributed by atoms with E-state index < -0.39 is 36.0 Å². The van der Waals surface area contributed by atoms with Crippen LogP contribution in [-0.4, -0.2) is 128 Å². The Bertz CT molecular complexity index is 2320. The van der Waals surface area contributed by atoms with Crippen LogP contribution in [0.5, 0.6) is 0 Å². The molecule has 0 aliphatic carbocycles. The first kappa shape index (κ1) is 42.5. The first-order valence-corrected chi connectivity index (χ1v) is 20.2. The molecule has 0 radical (unpaired) electrons. The van der Waals surface area contributed by atoms with Crippen molar-refractivity contribution in [1.29, 1.82) is 0 Å². The van der Waals surface area contributed by atoms with Gasteiger partial charge in [0.05, 0.1) is 43.0 Å². The second-order valence-corrected chi connectivity index (χ2v) is 15.2. The average Bonchev–Trinajstić information content (AvgIpc) is 4.14. The highest BCUT2D eigenvalue weighted by Crippen LogP contribution is 2.36. The molecule has 5 heterocycles. The van der Waals surface area contributed by atoms with Gasteiger partial charge in [-0.3, -0.25) is 24.8 Å². The Balaban J connectivity index is 1.02. The molecule has 1 unspecified atom stereocenters. The molecule has 0 bridgehead atoms. The van der Waals surface area contributed by atoms with Crippen LogP contribution in [0, 0.1) is 0 Å². The monoisotopic (exact) mass is 833 g/mol. The number of nitrogens with zero attached hydrogens (tertiary/aromatic N) is 6. The highest BCUT2D eigenvalue weighted by atomic mass is 16.6. The number of aromatic amines is 2. The van der Waals surface area contributed by atoms with Gasteiger partial charge in [0, 0.05) is 52.7 Å². The van der Waals surface area contributed by atoms with Gasteiger partial charge < -0.3 is 39.1 Å². The summed E-state index contributed by atoms with van der Waals surface area (Å²) in [5.41, 5.74) is 4.32. The maximum absolute atomic E-state index is 14.1. The molecule has 5 atom stereocenters. The standard InChI is InChI=1S/C44H51N9O8/c1-27(59-3)44(61-5,50-42(56)60-4)41(55)53-23-9-12-36(53)39-47-26-34(49-39)31-19-15-29(16-20-31)28-13-17-30(18-14-28)33-25-46-38(48-33)35-11-8-22-52(35)40(54)37(51(2)43(57)58)24-32-10-6-7-21-45-32/h6-7,10,13-21,25-27,35-37H,8-9,11-12,22-24H2,1-5H3,(H,46,48)(H,47,49)(H,50,56)(H,57,58)/t27-,35+,36?,37+,44+/m1/s1. The number of hydrogen-bond acceptors (Lipinski definition) is 10. The number of likely N-dealkylation sites (tertiary alicyclic amines) is 2. The molecule has 4 N–H and O–H groups in total. The van der Waals surface area contributed by atoms with Crippen molar-refractivity contribution in [3.63, 3.8) is 0 Å². The lowest BCUT2D eigenvalue weighted by atomic mass is 10.0. The number of aromatic nitrogens is 5. The summed E-state index contributed by atoms with van der Waals surface area (Å²) in [5, 5.41) is 12.4. The zero-order valence-electron chi connectivity index (χ0n) is 34.8. The number of likely N-dealkylation sites (N-methyl/N-ethyl adjacent to an activating group) is 1. The molecule has 2 aliphatic heterocycles. The van der Waals surface area contributed by atoms with Crippen molar-refractivity contribution in [2.24, 2.45) is 0 Å². The predicted octanol–water partition coefficient (Wildman–Crippen LogP) is 5.81. The first-order valence-electron chi connectivity index (χ1n) is 20.2. The fourth-order valence-electron chi connectivity index (χ4n) is 8.25. The second-order valence-electron chi connectivity index (χ2n) is 15.2. The van der Waals surface area contributed by atoms with Gasteiger partial charge in [0.1, 0.15) is 23.8 Å². The summed E-state index contributed by atoms with van der Waals surface area (Å²) in [6.07, 6.45) is 5.39. The van der Waals surface area contributed by atoms with Gasteiger partial charge in [-0.2, -0.15) is 0 Å². The number of carbonyl (C=O) groups excluding carboxylic acids is 3. The lowest BCUT2D eigenvalue weighted by Crippen LogP contribution is -2.66. The fraction of sp³-hybridized carbons (Fsp3) is 0.386. The van der Waals surface area contributed by atoms with E-state index in [-0.39, 0.29) is 24.4 Å². The van der Waals surface area contributed by atoms with Gasteiger partial charge in [-0.25, -0.2) is 19.6 Å². The Labute approximate surface area is 353 Å². The molecule has 320 valence electrons. The molecule has 61 heavy (non-hydrogen) atoms. The van der Waals surface area contributed by atoms with Gasteiger partial charge >= 0.3 is 12.2 Å². The predicted molar refractivity (Wildman–Crippen MR) is 224 cm³/mol. The van der Waals surface area contributed by atoms with Crippen LogP contribution in [0.1, 0.15) is 62.0 Å². The van der Waals surface area contributed by atoms with E-state index in [1.165, 1.54) is 28.4 Å². The molecule has 2 aromatic carbocycles. The van der Waals surface area contributed by atoms with Crippen LogP contribution in [0.15, 0.2) is 85.3 Å². The summed E-state index contributed by atoms with van der Waals surface area (Å²) in [6, 6.07) is 20.0. The number of rotatable bonds is 14. The van der Waals surface area contributed by atoms with Gasteiger partial charge in [0.25, 0.3) is 11.6 Å². The topological polar surface area (TPSA) is 208 Å². The smallest absolute Gasteiger partial charge is 0.409 e. The van der Waals surface area contributed by atoms with Crippen molar-refractivity contribution in [3.8, 4) is 33.6 Å². The van der Waals surface area contributed by atoms with E-state index >= 15 is 0 Å². The van der Waals surface area contributed by atoms with Crippen molar-refractivity contribution in [2.45, 2.75) is 69.0 Å². The van der Waals surface area contributed by atoms with Gasteiger partial charge in [-0.05, 0) is 67.0 Å². The fourth-order valence-corrected chi connectivity index (χ4v) is 8.25. The minimum atomic E-state index is -1.80. The Morgan fingerprint density at radius 3 is 1.85 bits per heavy atom. The molecular formula is C44H51N9O8. The third-order valence-electron chi connectivity index (χ3n) is 11.8. The summed E-state index contributed by atoms with van der Waals surface area (Å²) in [6.45, 7) is 2.59. The average molecular weight is 834 g/mol. The summed E-state index contributed by atoms with van der Waals surface area (Å²) in [4.78, 5) is 77.2. The van der Waals surface area contributed by atoms with Crippen molar-refractivity contribution in [3.05, 3.63) is 103 Å². The van der Waals surface area contributed by atoms with Crippen molar-refractivity contribution in [2.75, 3.05) is 41.5 Å². The second kappa shape index (κ2) is 18.4. The number of hydrogen-bond donors (Lipinski definition) is 4. The highest BCUT2D eigenvalue weighted by molar-refractivity contribution is 5.90. The molecule has 3 aromatic heterocycles. The van der Waals surface area contributed by atoms with Gasteiger partial charge in [0.2, 0.25) is 5.91 Å². The van der Waals surface area contributed by atoms with Crippen molar-refractivity contribution >= 4 is 24.0 Å². The lowest BCUT2D eigenvalue weighted by Gasteiger charge is -2.39. The number of methoxy groups -OCH3 is 3. The normalized spacial score (nSPS) is 18.3. The van der Waals surface area contributed by atoms with Crippen LogP contribution < -0.4 is 5.32 Å². The Hall–Kier alpha value is -6.59. The van der Waals surface area contributed by atoms with Crippen molar-refractivity contribution < 1.29 is 38.5 Å². The quantitative estimate of drug-likeness (QED) is 0.0982. The van der Waals surface area contributed by atoms with Gasteiger partial charge in [-0.1, -0.05) is 54.6 Å². The molecule has 17 nitrogen and oxygen atoms in total. The third-order valence-corrected chi connectivity index (χ3v) is 11.8. The summed E-state index contributed by atoms with van der Waals surface area (Å²) >= 11 is 0. The summed E-state index contributed by atoms with van der Waals surface area (Å²) in [7, 11) is 5.42. The maximum atomic E-state index is 14.1. The number of ether oxygens (including phenoxy) is 3. The Kier molecular flexibility index (Phi) is 12.8. The van der Waals surface area contributed by atoms with Crippen LogP contribution in [0.3, 0.4) is 0 Å². The van der Waals surface area contributed by atoms with Gasteiger partial charge in [0.15, 0.2) is 0 Å².